The zero-order chi connectivity index (χ0) is 10.8. The lowest BCUT2D eigenvalue weighted by Gasteiger charge is -2.22. The Hall–Kier alpha value is -0.900. The molecular weight excluding hydrogens is 256 g/mol. The second kappa shape index (κ2) is 4.31. The van der Waals surface area contributed by atoms with Crippen LogP contribution in [0.25, 0.3) is 0 Å². The lowest BCUT2D eigenvalue weighted by Crippen LogP contribution is -2.28. The standard InChI is InChI=1S/C11H13BrN2O/c1-8(15)14-7-3-5-10(14)9-4-2-6-11(12)13-9/h2,4,6,10H,3,5,7H2,1H3/t10-/m0/s1. The molecule has 2 rings (SSSR count). The highest BCUT2D eigenvalue weighted by Crippen LogP contribution is 2.31. The third kappa shape index (κ3) is 2.20. The van der Waals surface area contributed by atoms with Gasteiger partial charge in [-0.1, -0.05) is 6.07 Å². The quantitative estimate of drug-likeness (QED) is 0.734. The fourth-order valence-electron chi connectivity index (χ4n) is 2.06. The lowest BCUT2D eigenvalue weighted by atomic mass is 10.1. The van der Waals surface area contributed by atoms with Crippen molar-refractivity contribution < 1.29 is 4.79 Å². The van der Waals surface area contributed by atoms with Gasteiger partial charge in [-0.25, -0.2) is 4.98 Å². The van der Waals surface area contributed by atoms with Gasteiger partial charge >= 0.3 is 0 Å². The van der Waals surface area contributed by atoms with Crippen LogP contribution in [0.1, 0.15) is 31.5 Å². The molecule has 15 heavy (non-hydrogen) atoms. The average molecular weight is 269 g/mol. The summed E-state index contributed by atoms with van der Waals surface area (Å²) in [6.45, 7) is 2.48. The molecule has 0 bridgehead atoms. The Morgan fingerprint density at radius 2 is 2.40 bits per heavy atom. The van der Waals surface area contributed by atoms with Gasteiger partial charge in [0, 0.05) is 13.5 Å². The van der Waals surface area contributed by atoms with Gasteiger partial charge < -0.3 is 4.90 Å². The molecular formula is C11H13BrN2O. The van der Waals surface area contributed by atoms with Gasteiger partial charge in [0.1, 0.15) is 4.60 Å². The number of hydrogen-bond donors (Lipinski definition) is 0. The van der Waals surface area contributed by atoms with Crippen LogP contribution < -0.4 is 0 Å². The second-order valence-electron chi connectivity index (χ2n) is 3.76. The van der Waals surface area contributed by atoms with Crippen molar-refractivity contribution in [1.29, 1.82) is 0 Å². The van der Waals surface area contributed by atoms with Crippen molar-refractivity contribution in [2.45, 2.75) is 25.8 Å². The molecule has 0 unspecified atom stereocenters. The van der Waals surface area contributed by atoms with Crippen molar-refractivity contribution in [3.8, 4) is 0 Å². The first-order valence-corrected chi connectivity index (χ1v) is 5.87. The maximum absolute atomic E-state index is 11.4. The summed E-state index contributed by atoms with van der Waals surface area (Å²) < 4.78 is 0.829. The van der Waals surface area contributed by atoms with Crippen LogP contribution in [0.15, 0.2) is 22.8 Å². The Morgan fingerprint density at radius 3 is 3.07 bits per heavy atom. The third-order valence-corrected chi connectivity index (χ3v) is 3.18. The van der Waals surface area contributed by atoms with Gasteiger partial charge in [0.05, 0.1) is 11.7 Å². The van der Waals surface area contributed by atoms with Crippen LogP contribution in [0.2, 0.25) is 0 Å². The Bertz CT molecular complexity index is 381. The number of hydrogen-bond acceptors (Lipinski definition) is 2. The van der Waals surface area contributed by atoms with Gasteiger partial charge in [-0.3, -0.25) is 4.79 Å². The first kappa shape index (κ1) is 10.6. The summed E-state index contributed by atoms with van der Waals surface area (Å²) in [5.41, 5.74) is 0.983. The highest BCUT2D eigenvalue weighted by Gasteiger charge is 2.28. The van der Waals surface area contributed by atoms with Gasteiger partial charge in [0.15, 0.2) is 0 Å². The number of likely N-dealkylation sites (tertiary alicyclic amines) is 1. The van der Waals surface area contributed by atoms with E-state index in [1.807, 2.05) is 23.1 Å². The number of carbonyl (C=O) groups is 1. The summed E-state index contributed by atoms with van der Waals surface area (Å²) in [5.74, 6) is 0.138. The summed E-state index contributed by atoms with van der Waals surface area (Å²) in [7, 11) is 0. The van der Waals surface area contributed by atoms with Gasteiger partial charge in [-0.05, 0) is 40.9 Å². The monoisotopic (exact) mass is 268 g/mol. The van der Waals surface area contributed by atoms with Crippen molar-refractivity contribution in [3.05, 3.63) is 28.5 Å². The first-order chi connectivity index (χ1) is 7.18. The molecule has 1 aliphatic rings. The number of nitrogens with zero attached hydrogens (tertiary/aromatic N) is 2. The van der Waals surface area contributed by atoms with Crippen LogP contribution in [0.3, 0.4) is 0 Å². The van der Waals surface area contributed by atoms with E-state index in [-0.39, 0.29) is 11.9 Å². The van der Waals surface area contributed by atoms with Crippen LogP contribution in [0.4, 0.5) is 0 Å². The van der Waals surface area contributed by atoms with Crippen molar-refractivity contribution in [2.75, 3.05) is 6.54 Å². The van der Waals surface area contributed by atoms with Crippen LogP contribution >= 0.6 is 15.9 Å². The molecule has 3 nitrogen and oxygen atoms in total. The fraction of sp³-hybridized carbons (Fsp3) is 0.455. The molecule has 0 N–H and O–H groups in total. The van der Waals surface area contributed by atoms with Crippen molar-refractivity contribution in [2.24, 2.45) is 0 Å². The van der Waals surface area contributed by atoms with Crippen molar-refractivity contribution >= 4 is 21.8 Å². The molecule has 1 amide bonds. The van der Waals surface area contributed by atoms with E-state index in [1.165, 1.54) is 0 Å². The molecule has 0 spiro atoms. The molecule has 1 aliphatic heterocycles. The Balaban J connectivity index is 2.26. The summed E-state index contributed by atoms with van der Waals surface area (Å²) in [6, 6.07) is 6.01. The normalized spacial score (nSPS) is 20.7. The molecule has 80 valence electrons. The molecule has 1 saturated heterocycles. The zero-order valence-corrected chi connectivity index (χ0v) is 10.2. The Kier molecular flexibility index (Phi) is 3.05. The molecule has 0 aliphatic carbocycles. The molecule has 1 fully saturated rings. The Labute approximate surface area is 97.6 Å². The summed E-state index contributed by atoms with van der Waals surface area (Å²) in [5, 5.41) is 0. The zero-order valence-electron chi connectivity index (χ0n) is 8.61. The number of rotatable bonds is 1. The Morgan fingerprint density at radius 1 is 1.60 bits per heavy atom. The van der Waals surface area contributed by atoms with Gasteiger partial charge in [0.25, 0.3) is 0 Å². The van der Waals surface area contributed by atoms with Gasteiger partial charge in [0.2, 0.25) is 5.91 Å². The molecule has 1 aromatic rings. The molecule has 1 aromatic heterocycles. The van der Waals surface area contributed by atoms with Crippen LogP contribution in [0.5, 0.6) is 0 Å². The topological polar surface area (TPSA) is 33.2 Å². The van der Waals surface area contributed by atoms with Gasteiger partial charge in [-0.2, -0.15) is 0 Å². The van der Waals surface area contributed by atoms with Crippen LogP contribution in [-0.4, -0.2) is 22.3 Å². The summed E-state index contributed by atoms with van der Waals surface area (Å²) in [4.78, 5) is 17.7. The second-order valence-corrected chi connectivity index (χ2v) is 4.57. The predicted molar refractivity (Wildman–Crippen MR) is 61.3 cm³/mol. The number of carbonyl (C=O) groups excluding carboxylic acids is 1. The first-order valence-electron chi connectivity index (χ1n) is 5.08. The number of halogens is 1. The molecule has 4 heteroatoms. The molecule has 1 atom stereocenters. The third-order valence-electron chi connectivity index (χ3n) is 2.74. The molecule has 2 heterocycles. The molecule has 0 radical (unpaired) electrons. The van der Waals surface area contributed by atoms with Crippen molar-refractivity contribution in [1.82, 2.24) is 9.88 Å². The highest BCUT2D eigenvalue weighted by molar-refractivity contribution is 9.10. The minimum atomic E-state index is 0.138. The van der Waals surface area contributed by atoms with E-state index in [0.717, 1.165) is 29.7 Å². The predicted octanol–water partition coefficient (Wildman–Crippen LogP) is 2.53. The molecule has 0 aromatic carbocycles. The number of aromatic nitrogens is 1. The summed E-state index contributed by atoms with van der Waals surface area (Å²) in [6.07, 6.45) is 2.08. The smallest absolute Gasteiger partial charge is 0.220 e. The lowest BCUT2D eigenvalue weighted by molar-refractivity contribution is -0.129. The fourth-order valence-corrected chi connectivity index (χ4v) is 2.42. The van der Waals surface area contributed by atoms with Crippen LogP contribution in [0, 0.1) is 0 Å². The SMILES string of the molecule is CC(=O)N1CCC[C@H]1c1cccc(Br)n1. The molecule has 0 saturated carbocycles. The van der Waals surface area contributed by atoms with E-state index in [1.54, 1.807) is 6.92 Å². The number of pyridine rings is 1. The van der Waals surface area contributed by atoms with Crippen LogP contribution in [-0.2, 0) is 4.79 Å². The van der Waals surface area contributed by atoms with E-state index in [9.17, 15) is 4.79 Å². The maximum atomic E-state index is 11.4. The van der Waals surface area contributed by atoms with Gasteiger partial charge in [-0.15, -0.1) is 0 Å². The minimum Gasteiger partial charge on any atom is -0.334 e. The average Bonchev–Trinajstić information content (AvgIpc) is 2.65. The largest absolute Gasteiger partial charge is 0.334 e. The highest BCUT2D eigenvalue weighted by atomic mass is 79.9. The van der Waals surface area contributed by atoms with E-state index in [0.29, 0.717) is 0 Å². The van der Waals surface area contributed by atoms with Crippen molar-refractivity contribution in [3.63, 3.8) is 0 Å². The van der Waals surface area contributed by atoms with E-state index < -0.39 is 0 Å². The minimum absolute atomic E-state index is 0.138. The van der Waals surface area contributed by atoms with E-state index in [4.69, 9.17) is 0 Å². The van der Waals surface area contributed by atoms with E-state index >= 15 is 0 Å². The maximum Gasteiger partial charge on any atom is 0.220 e. The van der Waals surface area contributed by atoms with E-state index in [2.05, 4.69) is 20.9 Å². The summed E-state index contributed by atoms with van der Waals surface area (Å²) >= 11 is 3.35. The number of amides is 1.